The third kappa shape index (κ3) is 3.65. The van der Waals surface area contributed by atoms with Crippen LogP contribution in [0.25, 0.3) is 5.76 Å². The highest BCUT2D eigenvalue weighted by Gasteiger charge is 2.46. The lowest BCUT2D eigenvalue weighted by atomic mass is 9.95. The number of Topliss-reactive ketones (excluding diaryl/α,β-unsaturated/α-hetero) is 1. The van der Waals surface area contributed by atoms with E-state index in [9.17, 15) is 19.8 Å². The van der Waals surface area contributed by atoms with Gasteiger partial charge in [-0.2, -0.15) is 0 Å². The largest absolute Gasteiger partial charge is 0.508 e. The van der Waals surface area contributed by atoms with Crippen molar-refractivity contribution in [2.75, 3.05) is 0 Å². The Morgan fingerprint density at radius 1 is 1.03 bits per heavy atom. The molecule has 0 spiro atoms. The molecule has 0 bridgehead atoms. The van der Waals surface area contributed by atoms with Crippen molar-refractivity contribution in [3.63, 3.8) is 0 Å². The minimum Gasteiger partial charge on any atom is -0.508 e. The van der Waals surface area contributed by atoms with E-state index < -0.39 is 17.7 Å². The minimum atomic E-state index is -0.880. The van der Waals surface area contributed by atoms with E-state index in [0.29, 0.717) is 21.8 Å². The number of benzene rings is 2. The Morgan fingerprint density at radius 3 is 2.47 bits per heavy atom. The number of halogens is 1. The number of phenolic OH excluding ortho intramolecular Hbond substituents is 1. The molecule has 2 aromatic carbocycles. The number of hydrogen-bond acceptors (Lipinski definition) is 5. The molecular formula is C23H17ClN2O4. The lowest BCUT2D eigenvalue weighted by Crippen LogP contribution is -2.29. The molecule has 1 amide bonds. The van der Waals surface area contributed by atoms with E-state index in [1.165, 1.54) is 17.0 Å². The Labute approximate surface area is 177 Å². The van der Waals surface area contributed by atoms with Crippen LogP contribution in [0.5, 0.6) is 5.75 Å². The summed E-state index contributed by atoms with van der Waals surface area (Å²) in [5.41, 5.74) is 1.40. The standard InChI is InChI=1S/C23H17ClN2O4/c24-16-9-7-14(8-10-16)21(28)19-20(15-4-3-6-18(27)12-15)26(23(30)22(19)29)13-17-5-1-2-11-25-17/h1-12,20,27-28H,13H2/b21-19-. The second-order valence-corrected chi connectivity index (χ2v) is 7.29. The highest BCUT2D eigenvalue weighted by Crippen LogP contribution is 2.40. The Balaban J connectivity index is 1.87. The predicted octanol–water partition coefficient (Wildman–Crippen LogP) is 4.06. The van der Waals surface area contributed by atoms with Crippen LogP contribution < -0.4 is 0 Å². The van der Waals surface area contributed by atoms with Crippen LogP contribution in [0.2, 0.25) is 5.02 Å². The lowest BCUT2D eigenvalue weighted by Gasteiger charge is -2.25. The first-order valence-electron chi connectivity index (χ1n) is 9.19. The van der Waals surface area contributed by atoms with Crippen molar-refractivity contribution < 1.29 is 19.8 Å². The fourth-order valence-electron chi connectivity index (χ4n) is 3.51. The van der Waals surface area contributed by atoms with E-state index in [4.69, 9.17) is 11.6 Å². The number of carbonyl (C=O) groups excluding carboxylic acids is 2. The van der Waals surface area contributed by atoms with Gasteiger partial charge in [0.25, 0.3) is 11.7 Å². The van der Waals surface area contributed by atoms with Crippen molar-refractivity contribution in [1.29, 1.82) is 0 Å². The number of carbonyl (C=O) groups is 2. The first-order valence-corrected chi connectivity index (χ1v) is 9.56. The Morgan fingerprint density at radius 2 is 1.80 bits per heavy atom. The number of aliphatic hydroxyl groups is 1. The van der Waals surface area contributed by atoms with Gasteiger partial charge in [0.1, 0.15) is 11.5 Å². The van der Waals surface area contributed by atoms with Crippen LogP contribution in [0.3, 0.4) is 0 Å². The van der Waals surface area contributed by atoms with Crippen molar-refractivity contribution in [2.45, 2.75) is 12.6 Å². The number of aromatic hydroxyl groups is 1. The van der Waals surface area contributed by atoms with Crippen LogP contribution in [-0.4, -0.2) is 31.8 Å². The Bertz CT molecular complexity index is 1140. The van der Waals surface area contributed by atoms with Crippen molar-refractivity contribution >= 4 is 29.1 Å². The number of rotatable bonds is 4. The third-order valence-corrected chi connectivity index (χ3v) is 5.15. The van der Waals surface area contributed by atoms with E-state index in [-0.39, 0.29) is 23.6 Å². The van der Waals surface area contributed by atoms with Gasteiger partial charge in [-0.25, -0.2) is 0 Å². The predicted molar refractivity (Wildman–Crippen MR) is 112 cm³/mol. The molecule has 1 aliphatic heterocycles. The summed E-state index contributed by atoms with van der Waals surface area (Å²) in [6.07, 6.45) is 1.60. The number of nitrogens with zero attached hydrogens (tertiary/aromatic N) is 2. The topological polar surface area (TPSA) is 90.7 Å². The van der Waals surface area contributed by atoms with E-state index >= 15 is 0 Å². The molecule has 1 atom stereocenters. The van der Waals surface area contributed by atoms with E-state index in [2.05, 4.69) is 4.98 Å². The molecule has 1 unspecified atom stereocenters. The zero-order valence-corrected chi connectivity index (χ0v) is 16.5. The van der Waals surface area contributed by atoms with Gasteiger partial charge < -0.3 is 15.1 Å². The molecule has 1 saturated heterocycles. The van der Waals surface area contributed by atoms with Crippen molar-refractivity contribution in [3.05, 3.63) is 100 Å². The monoisotopic (exact) mass is 420 g/mol. The molecule has 0 radical (unpaired) electrons. The van der Waals surface area contributed by atoms with Gasteiger partial charge in [0.05, 0.1) is 23.9 Å². The summed E-state index contributed by atoms with van der Waals surface area (Å²) < 4.78 is 0. The molecule has 4 rings (SSSR count). The first kappa shape index (κ1) is 19.7. The molecule has 30 heavy (non-hydrogen) atoms. The molecule has 0 saturated carbocycles. The van der Waals surface area contributed by atoms with Gasteiger partial charge in [-0.05, 0) is 54.1 Å². The number of hydrogen-bond donors (Lipinski definition) is 2. The van der Waals surface area contributed by atoms with Crippen LogP contribution in [-0.2, 0) is 16.1 Å². The van der Waals surface area contributed by atoms with Crippen LogP contribution in [0.4, 0.5) is 0 Å². The molecular weight excluding hydrogens is 404 g/mol. The molecule has 6 nitrogen and oxygen atoms in total. The van der Waals surface area contributed by atoms with Gasteiger partial charge in [-0.15, -0.1) is 0 Å². The highest BCUT2D eigenvalue weighted by atomic mass is 35.5. The molecule has 1 aliphatic rings. The zero-order chi connectivity index (χ0) is 21.3. The molecule has 0 aliphatic carbocycles. The van der Waals surface area contributed by atoms with E-state index in [1.54, 1.807) is 60.8 Å². The normalized spacial score (nSPS) is 18.0. The number of aromatic nitrogens is 1. The average Bonchev–Trinajstić information content (AvgIpc) is 2.99. The average molecular weight is 421 g/mol. The van der Waals surface area contributed by atoms with E-state index in [1.807, 2.05) is 0 Å². The number of amides is 1. The molecule has 1 fully saturated rings. The zero-order valence-electron chi connectivity index (χ0n) is 15.7. The third-order valence-electron chi connectivity index (χ3n) is 4.90. The summed E-state index contributed by atoms with van der Waals surface area (Å²) in [6, 6.07) is 17.0. The van der Waals surface area contributed by atoms with Gasteiger partial charge in [0.2, 0.25) is 0 Å². The van der Waals surface area contributed by atoms with Crippen LogP contribution >= 0.6 is 11.6 Å². The molecule has 2 N–H and O–H groups in total. The van der Waals surface area contributed by atoms with Crippen molar-refractivity contribution in [1.82, 2.24) is 9.88 Å². The van der Waals surface area contributed by atoms with Crippen LogP contribution in [0, 0.1) is 0 Å². The second kappa shape index (κ2) is 8.00. The molecule has 150 valence electrons. The number of pyridine rings is 1. The fraction of sp³-hybridized carbons (Fsp3) is 0.0870. The maximum atomic E-state index is 12.9. The summed E-state index contributed by atoms with van der Waals surface area (Å²) in [5, 5.41) is 21.4. The van der Waals surface area contributed by atoms with Crippen molar-refractivity contribution in [3.8, 4) is 5.75 Å². The maximum Gasteiger partial charge on any atom is 0.296 e. The Kier molecular flexibility index (Phi) is 5.25. The number of ketones is 1. The van der Waals surface area contributed by atoms with Gasteiger partial charge in [0, 0.05) is 16.8 Å². The van der Waals surface area contributed by atoms with Crippen molar-refractivity contribution in [2.24, 2.45) is 0 Å². The molecule has 3 aromatic rings. The maximum absolute atomic E-state index is 12.9. The molecule has 1 aromatic heterocycles. The fourth-order valence-corrected chi connectivity index (χ4v) is 3.64. The SMILES string of the molecule is O=C1C(=O)N(Cc2ccccn2)C(c2cccc(O)c2)/C1=C(/O)c1ccc(Cl)cc1. The lowest BCUT2D eigenvalue weighted by molar-refractivity contribution is -0.140. The number of likely N-dealkylation sites (tertiary alicyclic amines) is 1. The van der Waals surface area contributed by atoms with E-state index in [0.717, 1.165) is 0 Å². The van der Waals surface area contributed by atoms with Gasteiger partial charge >= 0.3 is 0 Å². The van der Waals surface area contributed by atoms with Crippen LogP contribution in [0.1, 0.15) is 22.9 Å². The number of phenols is 1. The quantitative estimate of drug-likeness (QED) is 0.377. The first-order chi connectivity index (χ1) is 14.5. The second-order valence-electron chi connectivity index (χ2n) is 6.85. The summed E-state index contributed by atoms with van der Waals surface area (Å²) in [4.78, 5) is 31.4. The van der Waals surface area contributed by atoms with Gasteiger partial charge in [-0.3, -0.25) is 14.6 Å². The Hall–Kier alpha value is -3.64. The minimum absolute atomic E-state index is 0.0117. The highest BCUT2D eigenvalue weighted by molar-refractivity contribution is 6.46. The summed E-state index contributed by atoms with van der Waals surface area (Å²) >= 11 is 5.92. The number of aliphatic hydroxyl groups excluding tert-OH is 1. The summed E-state index contributed by atoms with van der Waals surface area (Å²) in [5.74, 6) is -1.86. The van der Waals surface area contributed by atoms with Crippen LogP contribution in [0.15, 0.2) is 78.5 Å². The summed E-state index contributed by atoms with van der Waals surface area (Å²) in [6.45, 7) is 0.0726. The van der Waals surface area contributed by atoms with Gasteiger partial charge in [-0.1, -0.05) is 29.8 Å². The van der Waals surface area contributed by atoms with Gasteiger partial charge in [0.15, 0.2) is 0 Å². The summed E-state index contributed by atoms with van der Waals surface area (Å²) in [7, 11) is 0. The molecule has 7 heteroatoms. The smallest absolute Gasteiger partial charge is 0.296 e. The molecule has 2 heterocycles.